The molecule has 0 bridgehead atoms. The van der Waals surface area contributed by atoms with Crippen molar-refractivity contribution in [1.82, 2.24) is 5.43 Å². The molecule has 38 heavy (non-hydrogen) atoms. The first-order valence-corrected chi connectivity index (χ1v) is 11.5. The summed E-state index contributed by atoms with van der Waals surface area (Å²) in [5.41, 5.74) is 3.60. The van der Waals surface area contributed by atoms with Crippen molar-refractivity contribution in [2.24, 2.45) is 5.10 Å². The summed E-state index contributed by atoms with van der Waals surface area (Å²) in [6.45, 7) is -0.361. The number of benzene rings is 3. The molecule has 3 amide bonds. The van der Waals surface area contributed by atoms with Gasteiger partial charge in [-0.3, -0.25) is 14.4 Å². The highest BCUT2D eigenvalue weighted by Crippen LogP contribution is 2.27. The molecule has 0 radical (unpaired) electrons. The van der Waals surface area contributed by atoms with E-state index in [0.717, 1.165) is 0 Å². The van der Waals surface area contributed by atoms with Crippen LogP contribution in [0.5, 0.6) is 17.2 Å². The minimum absolute atomic E-state index is 0.0161. The molecule has 0 aliphatic heterocycles. The van der Waals surface area contributed by atoms with Gasteiger partial charge in [0.25, 0.3) is 5.91 Å². The largest absolute Gasteiger partial charge is 0.497 e. The number of hydrogen-bond donors (Lipinski definition) is 3. The molecule has 3 N–H and O–H groups in total. The summed E-state index contributed by atoms with van der Waals surface area (Å²) in [4.78, 5) is 36.2. The lowest BCUT2D eigenvalue weighted by Crippen LogP contribution is -2.21. The Kier molecular flexibility index (Phi) is 10.2. The molecule has 0 aliphatic carbocycles. The Morgan fingerprint density at radius 2 is 1.58 bits per heavy atom. The van der Waals surface area contributed by atoms with E-state index < -0.39 is 17.6 Å². The number of nitrogens with one attached hydrogen (secondary N) is 3. The number of para-hydroxylation sites is 1. The lowest BCUT2D eigenvalue weighted by atomic mass is 10.2. The van der Waals surface area contributed by atoms with Crippen LogP contribution in [-0.2, 0) is 14.4 Å². The van der Waals surface area contributed by atoms with Gasteiger partial charge in [0.1, 0.15) is 11.6 Å². The average molecular weight is 523 g/mol. The lowest BCUT2D eigenvalue weighted by Gasteiger charge is -2.11. The molecule has 0 heterocycles. The van der Waals surface area contributed by atoms with Crippen LogP contribution in [0.15, 0.2) is 71.8 Å². The number of methoxy groups -OCH3 is 2. The standard InChI is InChI=1S/C27H27FN4O6/c1-36-20-10-8-19(9-11-20)30-25(33)13-14-26(34)32-29-16-18-7-12-23(24(15-18)37-2)38-17-27(35)31-22-6-4-3-5-21(22)28/h3-12,15-16H,13-14,17H2,1-2H3,(H,30,33)(H,31,35)(H,32,34). The third-order valence-corrected chi connectivity index (χ3v) is 5.05. The monoisotopic (exact) mass is 522 g/mol. The van der Waals surface area contributed by atoms with Crippen LogP contribution in [0, 0.1) is 5.82 Å². The number of hydrogen-bond acceptors (Lipinski definition) is 7. The van der Waals surface area contributed by atoms with E-state index in [2.05, 4.69) is 21.2 Å². The van der Waals surface area contributed by atoms with Crippen LogP contribution in [0.25, 0.3) is 0 Å². The molecule has 10 nitrogen and oxygen atoms in total. The van der Waals surface area contributed by atoms with E-state index in [-0.39, 0.29) is 31.0 Å². The Hall–Kier alpha value is -4.93. The Bertz CT molecular complexity index is 1300. The Balaban J connectivity index is 1.44. The zero-order valence-electron chi connectivity index (χ0n) is 20.8. The van der Waals surface area contributed by atoms with Gasteiger partial charge in [-0.2, -0.15) is 5.10 Å². The maximum atomic E-state index is 13.7. The number of carbonyl (C=O) groups is 3. The maximum absolute atomic E-state index is 13.7. The average Bonchev–Trinajstić information content (AvgIpc) is 2.92. The summed E-state index contributed by atoms with van der Waals surface area (Å²) < 4.78 is 29.5. The number of rotatable bonds is 12. The van der Waals surface area contributed by atoms with Crippen LogP contribution < -0.4 is 30.3 Å². The van der Waals surface area contributed by atoms with Crippen molar-refractivity contribution >= 4 is 35.3 Å². The van der Waals surface area contributed by atoms with E-state index in [0.29, 0.717) is 28.5 Å². The van der Waals surface area contributed by atoms with Gasteiger partial charge in [0.05, 0.1) is 26.1 Å². The molecule has 0 aromatic heterocycles. The van der Waals surface area contributed by atoms with E-state index in [1.54, 1.807) is 55.6 Å². The second-order valence-corrected chi connectivity index (χ2v) is 7.80. The Morgan fingerprint density at radius 1 is 0.842 bits per heavy atom. The highest BCUT2D eigenvalue weighted by atomic mass is 19.1. The van der Waals surface area contributed by atoms with Crippen molar-refractivity contribution in [3.05, 3.63) is 78.1 Å². The van der Waals surface area contributed by atoms with Crippen molar-refractivity contribution in [1.29, 1.82) is 0 Å². The van der Waals surface area contributed by atoms with Crippen molar-refractivity contribution in [2.75, 3.05) is 31.5 Å². The number of anilines is 2. The second kappa shape index (κ2) is 14.0. The summed E-state index contributed by atoms with van der Waals surface area (Å²) in [5.74, 6) is -0.538. The van der Waals surface area contributed by atoms with Crippen LogP contribution in [0.4, 0.5) is 15.8 Å². The third-order valence-electron chi connectivity index (χ3n) is 5.05. The molecule has 0 aliphatic rings. The van der Waals surface area contributed by atoms with Crippen molar-refractivity contribution in [3.8, 4) is 17.2 Å². The van der Waals surface area contributed by atoms with Gasteiger partial charge in [-0.05, 0) is 60.2 Å². The number of hydrazone groups is 1. The number of carbonyl (C=O) groups excluding carboxylic acids is 3. The van der Waals surface area contributed by atoms with E-state index >= 15 is 0 Å². The zero-order chi connectivity index (χ0) is 27.3. The lowest BCUT2D eigenvalue weighted by molar-refractivity contribution is -0.124. The number of halogens is 1. The molecule has 0 unspecified atom stereocenters. The molecule has 0 saturated carbocycles. The van der Waals surface area contributed by atoms with Crippen molar-refractivity contribution < 1.29 is 33.0 Å². The highest BCUT2D eigenvalue weighted by Gasteiger charge is 2.11. The van der Waals surface area contributed by atoms with Gasteiger partial charge >= 0.3 is 0 Å². The topological polar surface area (TPSA) is 127 Å². The fourth-order valence-electron chi connectivity index (χ4n) is 3.14. The van der Waals surface area contributed by atoms with E-state index in [1.807, 2.05) is 0 Å². The predicted octanol–water partition coefficient (Wildman–Crippen LogP) is 3.73. The highest BCUT2D eigenvalue weighted by molar-refractivity contribution is 5.93. The van der Waals surface area contributed by atoms with Crippen LogP contribution in [0.1, 0.15) is 18.4 Å². The molecule has 3 aromatic carbocycles. The summed E-state index contributed by atoms with van der Waals surface area (Å²) in [6.07, 6.45) is 1.33. The molecule has 3 rings (SSSR count). The van der Waals surface area contributed by atoms with E-state index in [4.69, 9.17) is 14.2 Å². The van der Waals surface area contributed by atoms with Crippen LogP contribution in [0.2, 0.25) is 0 Å². The molecule has 0 atom stereocenters. The summed E-state index contributed by atoms with van der Waals surface area (Å²) in [7, 11) is 2.98. The molecule has 198 valence electrons. The number of nitrogens with zero attached hydrogens (tertiary/aromatic N) is 1. The fourth-order valence-corrected chi connectivity index (χ4v) is 3.14. The molecule has 11 heteroatoms. The molecular weight excluding hydrogens is 495 g/mol. The van der Waals surface area contributed by atoms with Gasteiger partial charge in [-0.25, -0.2) is 9.82 Å². The zero-order valence-corrected chi connectivity index (χ0v) is 20.8. The molecule has 0 spiro atoms. The van der Waals surface area contributed by atoms with Gasteiger partial charge in [0.2, 0.25) is 11.8 Å². The Morgan fingerprint density at radius 3 is 2.29 bits per heavy atom. The van der Waals surface area contributed by atoms with E-state index in [9.17, 15) is 18.8 Å². The van der Waals surface area contributed by atoms with Crippen molar-refractivity contribution in [2.45, 2.75) is 12.8 Å². The van der Waals surface area contributed by atoms with Gasteiger partial charge in [0, 0.05) is 18.5 Å². The molecule has 0 saturated heterocycles. The quantitative estimate of drug-likeness (QED) is 0.246. The van der Waals surface area contributed by atoms with Gasteiger partial charge in [-0.15, -0.1) is 0 Å². The SMILES string of the molecule is COc1ccc(NC(=O)CCC(=O)NN=Cc2ccc(OCC(=O)Nc3ccccc3F)c(OC)c2)cc1. The molecule has 3 aromatic rings. The number of ether oxygens (including phenoxy) is 3. The van der Waals surface area contributed by atoms with Gasteiger partial charge in [0.15, 0.2) is 18.1 Å². The van der Waals surface area contributed by atoms with Crippen molar-refractivity contribution in [3.63, 3.8) is 0 Å². The van der Waals surface area contributed by atoms with Crippen LogP contribution in [0.3, 0.4) is 0 Å². The molecular formula is C27H27FN4O6. The van der Waals surface area contributed by atoms with E-state index in [1.165, 1.54) is 31.5 Å². The minimum Gasteiger partial charge on any atom is -0.497 e. The summed E-state index contributed by atoms with van der Waals surface area (Å²) in [5, 5.41) is 9.02. The third kappa shape index (κ3) is 8.63. The minimum atomic E-state index is -0.550. The smallest absolute Gasteiger partial charge is 0.262 e. The normalized spacial score (nSPS) is 10.5. The summed E-state index contributed by atoms with van der Waals surface area (Å²) in [6, 6.07) is 17.5. The maximum Gasteiger partial charge on any atom is 0.262 e. The fraction of sp³-hybridized carbons (Fsp3) is 0.185. The molecule has 0 fully saturated rings. The van der Waals surface area contributed by atoms with Crippen LogP contribution >= 0.6 is 0 Å². The predicted molar refractivity (Wildman–Crippen MR) is 140 cm³/mol. The Labute approximate surface area is 218 Å². The van der Waals surface area contributed by atoms with Crippen LogP contribution in [-0.4, -0.2) is 44.8 Å². The van der Waals surface area contributed by atoms with Gasteiger partial charge in [-0.1, -0.05) is 12.1 Å². The second-order valence-electron chi connectivity index (χ2n) is 7.80. The van der Waals surface area contributed by atoms with Gasteiger partial charge < -0.3 is 24.8 Å². The summed E-state index contributed by atoms with van der Waals surface area (Å²) >= 11 is 0. The first kappa shape index (κ1) is 27.7. The number of amides is 3. The first-order chi connectivity index (χ1) is 18.4. The first-order valence-electron chi connectivity index (χ1n) is 11.5.